The zero-order valence-corrected chi connectivity index (χ0v) is 17.8. The highest BCUT2D eigenvalue weighted by atomic mass is 35.5. The summed E-state index contributed by atoms with van der Waals surface area (Å²) in [6, 6.07) is 11.4. The number of phenols is 1. The predicted octanol–water partition coefficient (Wildman–Crippen LogP) is 3.84. The van der Waals surface area contributed by atoms with Crippen LogP contribution in [0.15, 0.2) is 47.6 Å². The van der Waals surface area contributed by atoms with Crippen molar-refractivity contribution in [2.24, 2.45) is 0 Å². The number of phenolic OH excluding ortho intramolecular Hbond substituents is 1. The van der Waals surface area contributed by atoms with E-state index in [0.717, 1.165) is 0 Å². The molecule has 8 nitrogen and oxygen atoms in total. The molecule has 0 unspecified atom stereocenters. The van der Waals surface area contributed by atoms with Gasteiger partial charge >= 0.3 is 5.97 Å². The van der Waals surface area contributed by atoms with Crippen LogP contribution in [-0.4, -0.2) is 44.6 Å². The fourth-order valence-corrected chi connectivity index (χ4v) is 3.74. The molecule has 0 atom stereocenters. The Morgan fingerprint density at radius 3 is 2.70 bits per heavy atom. The van der Waals surface area contributed by atoms with Gasteiger partial charge in [-0.25, -0.2) is 4.79 Å². The SMILES string of the molecule is CCn1c(SCC(=O)Nc2ccc(Cl)c(C(=O)OC)c2)nnc1-c1ccccc1O. The molecule has 1 amide bonds. The Morgan fingerprint density at radius 1 is 1.23 bits per heavy atom. The average Bonchev–Trinajstić information content (AvgIpc) is 3.16. The number of carbonyl (C=O) groups excluding carboxylic acids is 2. The summed E-state index contributed by atoms with van der Waals surface area (Å²) in [5.74, 6) is -0.155. The molecular weight excluding hydrogens is 428 g/mol. The molecule has 1 heterocycles. The molecule has 10 heteroatoms. The van der Waals surface area contributed by atoms with E-state index < -0.39 is 5.97 Å². The number of esters is 1. The van der Waals surface area contributed by atoms with Crippen molar-refractivity contribution in [2.75, 3.05) is 18.2 Å². The lowest BCUT2D eigenvalue weighted by Gasteiger charge is -2.09. The van der Waals surface area contributed by atoms with Gasteiger partial charge in [-0.2, -0.15) is 0 Å². The molecule has 2 aromatic carbocycles. The highest BCUT2D eigenvalue weighted by Crippen LogP contribution is 2.30. The highest BCUT2D eigenvalue weighted by Gasteiger charge is 2.17. The van der Waals surface area contributed by atoms with E-state index in [-0.39, 0.29) is 28.0 Å². The summed E-state index contributed by atoms with van der Waals surface area (Å²) < 4.78 is 6.50. The summed E-state index contributed by atoms with van der Waals surface area (Å²) in [5, 5.41) is 21.9. The van der Waals surface area contributed by atoms with Crippen molar-refractivity contribution in [3.05, 3.63) is 53.1 Å². The Bertz CT molecular complexity index is 1090. The largest absolute Gasteiger partial charge is 0.507 e. The summed E-state index contributed by atoms with van der Waals surface area (Å²) in [7, 11) is 1.26. The number of amides is 1. The van der Waals surface area contributed by atoms with Crippen LogP contribution in [0.25, 0.3) is 11.4 Å². The minimum Gasteiger partial charge on any atom is -0.507 e. The van der Waals surface area contributed by atoms with E-state index in [1.165, 1.54) is 31.0 Å². The summed E-state index contributed by atoms with van der Waals surface area (Å²) in [6.45, 7) is 2.50. The van der Waals surface area contributed by atoms with Crippen LogP contribution in [0.5, 0.6) is 5.75 Å². The number of aromatic nitrogens is 3. The van der Waals surface area contributed by atoms with Gasteiger partial charge in [-0.3, -0.25) is 4.79 Å². The number of thioether (sulfide) groups is 1. The molecule has 1 aromatic heterocycles. The van der Waals surface area contributed by atoms with Crippen molar-refractivity contribution >= 4 is 40.9 Å². The van der Waals surface area contributed by atoms with Crippen molar-refractivity contribution in [1.29, 1.82) is 0 Å². The second kappa shape index (κ2) is 9.64. The first kappa shape index (κ1) is 21.7. The Kier molecular flexibility index (Phi) is 6.96. The highest BCUT2D eigenvalue weighted by molar-refractivity contribution is 7.99. The first-order valence-electron chi connectivity index (χ1n) is 8.96. The van der Waals surface area contributed by atoms with Gasteiger partial charge in [0.2, 0.25) is 5.91 Å². The van der Waals surface area contributed by atoms with Gasteiger partial charge < -0.3 is 19.7 Å². The molecular formula is C20H19ClN4O4S. The summed E-state index contributed by atoms with van der Waals surface area (Å²) >= 11 is 7.21. The molecule has 3 rings (SSSR count). The number of para-hydroxylation sites is 1. The van der Waals surface area contributed by atoms with Crippen LogP contribution in [0.2, 0.25) is 5.02 Å². The molecule has 0 fully saturated rings. The number of nitrogens with zero attached hydrogens (tertiary/aromatic N) is 3. The molecule has 0 bridgehead atoms. The maximum absolute atomic E-state index is 12.4. The van der Waals surface area contributed by atoms with Crippen LogP contribution < -0.4 is 5.32 Å². The van der Waals surface area contributed by atoms with Gasteiger partial charge in [-0.05, 0) is 37.3 Å². The fourth-order valence-electron chi connectivity index (χ4n) is 2.74. The minimum absolute atomic E-state index is 0.0785. The van der Waals surface area contributed by atoms with E-state index in [1.807, 2.05) is 11.5 Å². The molecule has 156 valence electrons. The van der Waals surface area contributed by atoms with Gasteiger partial charge in [0.05, 0.1) is 29.0 Å². The van der Waals surface area contributed by atoms with E-state index in [9.17, 15) is 14.7 Å². The lowest BCUT2D eigenvalue weighted by Crippen LogP contribution is -2.15. The topological polar surface area (TPSA) is 106 Å². The molecule has 0 spiro atoms. The molecule has 30 heavy (non-hydrogen) atoms. The van der Waals surface area contributed by atoms with Gasteiger partial charge in [0.25, 0.3) is 0 Å². The zero-order chi connectivity index (χ0) is 21.7. The van der Waals surface area contributed by atoms with Crippen molar-refractivity contribution in [3.63, 3.8) is 0 Å². The fraction of sp³-hybridized carbons (Fsp3) is 0.200. The van der Waals surface area contributed by atoms with Crippen LogP contribution in [0.3, 0.4) is 0 Å². The van der Waals surface area contributed by atoms with E-state index >= 15 is 0 Å². The van der Waals surface area contributed by atoms with Crippen LogP contribution in [-0.2, 0) is 16.1 Å². The third kappa shape index (κ3) is 4.74. The lowest BCUT2D eigenvalue weighted by atomic mass is 10.2. The second-order valence-corrected chi connectivity index (χ2v) is 7.44. The molecule has 0 saturated carbocycles. The second-order valence-electron chi connectivity index (χ2n) is 6.09. The Hall–Kier alpha value is -3.04. The van der Waals surface area contributed by atoms with Gasteiger partial charge in [-0.1, -0.05) is 35.5 Å². The Balaban J connectivity index is 1.70. The van der Waals surface area contributed by atoms with Gasteiger partial charge in [0.15, 0.2) is 11.0 Å². The molecule has 0 aliphatic rings. The quantitative estimate of drug-likeness (QED) is 0.419. The standard InChI is InChI=1S/C20H19ClN4O4S/c1-3-25-18(13-6-4-5-7-16(13)26)23-24-20(25)30-11-17(27)22-12-8-9-15(21)14(10-12)19(28)29-2/h4-10,26H,3,11H2,1-2H3,(H,22,27). The third-order valence-electron chi connectivity index (χ3n) is 4.17. The number of hydrogen-bond acceptors (Lipinski definition) is 7. The molecule has 3 aromatic rings. The van der Waals surface area contributed by atoms with E-state index in [2.05, 4.69) is 20.3 Å². The molecule has 0 aliphatic heterocycles. The van der Waals surface area contributed by atoms with Crippen molar-refractivity contribution in [2.45, 2.75) is 18.6 Å². The number of hydrogen-bond donors (Lipinski definition) is 2. The van der Waals surface area contributed by atoms with Crippen molar-refractivity contribution in [3.8, 4) is 17.1 Å². The molecule has 0 saturated heterocycles. The maximum Gasteiger partial charge on any atom is 0.339 e. The van der Waals surface area contributed by atoms with Gasteiger partial charge in [0.1, 0.15) is 5.75 Å². The van der Waals surface area contributed by atoms with Crippen LogP contribution in [0.1, 0.15) is 17.3 Å². The van der Waals surface area contributed by atoms with E-state index in [0.29, 0.717) is 28.8 Å². The van der Waals surface area contributed by atoms with Crippen molar-refractivity contribution in [1.82, 2.24) is 14.8 Å². The summed E-state index contributed by atoms with van der Waals surface area (Å²) in [6.07, 6.45) is 0. The monoisotopic (exact) mass is 446 g/mol. The third-order valence-corrected chi connectivity index (χ3v) is 5.46. The van der Waals surface area contributed by atoms with Gasteiger partial charge in [0, 0.05) is 12.2 Å². The number of ether oxygens (including phenoxy) is 1. The van der Waals surface area contributed by atoms with Gasteiger partial charge in [-0.15, -0.1) is 10.2 Å². The lowest BCUT2D eigenvalue weighted by molar-refractivity contribution is -0.113. The van der Waals surface area contributed by atoms with Crippen LogP contribution in [0.4, 0.5) is 5.69 Å². The molecule has 2 N–H and O–H groups in total. The maximum atomic E-state index is 12.4. The van der Waals surface area contributed by atoms with E-state index in [1.54, 1.807) is 30.3 Å². The number of carbonyl (C=O) groups is 2. The Morgan fingerprint density at radius 2 is 2.00 bits per heavy atom. The number of aromatic hydroxyl groups is 1. The molecule has 0 radical (unpaired) electrons. The van der Waals surface area contributed by atoms with Crippen LogP contribution in [0, 0.1) is 0 Å². The first-order chi connectivity index (χ1) is 14.4. The number of benzene rings is 2. The number of anilines is 1. The van der Waals surface area contributed by atoms with Crippen molar-refractivity contribution < 1.29 is 19.4 Å². The summed E-state index contributed by atoms with van der Waals surface area (Å²) in [5.41, 5.74) is 1.17. The van der Waals surface area contributed by atoms with E-state index in [4.69, 9.17) is 11.6 Å². The number of methoxy groups -OCH3 is 1. The normalized spacial score (nSPS) is 10.6. The Labute approximate surface area is 182 Å². The molecule has 0 aliphatic carbocycles. The number of rotatable bonds is 7. The number of nitrogens with one attached hydrogen (secondary N) is 1. The van der Waals surface area contributed by atoms with Crippen LogP contribution >= 0.6 is 23.4 Å². The summed E-state index contributed by atoms with van der Waals surface area (Å²) in [4.78, 5) is 24.1. The minimum atomic E-state index is -0.585. The predicted molar refractivity (Wildman–Crippen MR) is 115 cm³/mol. The zero-order valence-electron chi connectivity index (χ0n) is 16.3. The smallest absolute Gasteiger partial charge is 0.339 e. The number of halogens is 1. The first-order valence-corrected chi connectivity index (χ1v) is 10.3. The average molecular weight is 447 g/mol.